The molecular weight excluding hydrogens is 267 g/mol. The summed E-state index contributed by atoms with van der Waals surface area (Å²) in [6.45, 7) is 0. The molecule has 0 aliphatic carbocycles. The molecule has 104 valence electrons. The van der Waals surface area contributed by atoms with Gasteiger partial charge in [-0.2, -0.15) is 0 Å². The summed E-state index contributed by atoms with van der Waals surface area (Å²) in [5.41, 5.74) is 15.0. The number of hydrogen-bond acceptors (Lipinski definition) is 4. The summed E-state index contributed by atoms with van der Waals surface area (Å²) >= 11 is 0. The molecule has 0 fully saturated rings. The lowest BCUT2D eigenvalue weighted by Crippen LogP contribution is -2.01. The summed E-state index contributed by atoms with van der Waals surface area (Å²) in [7, 11) is 0. The Kier molecular flexibility index (Phi) is 3.23. The van der Waals surface area contributed by atoms with Crippen LogP contribution in [0.4, 0.5) is 15.9 Å². The molecule has 0 atom stereocenters. The van der Waals surface area contributed by atoms with Gasteiger partial charge in [0.15, 0.2) is 0 Å². The molecule has 0 unspecified atom stereocenters. The van der Waals surface area contributed by atoms with Crippen molar-refractivity contribution in [2.75, 3.05) is 11.5 Å². The number of aromatic nitrogens is 2. The summed E-state index contributed by atoms with van der Waals surface area (Å²) in [5, 5.41) is 0. The van der Waals surface area contributed by atoms with Gasteiger partial charge in [0, 0.05) is 23.5 Å². The van der Waals surface area contributed by atoms with Gasteiger partial charge in [-0.15, -0.1) is 0 Å². The molecule has 4 N–H and O–H groups in total. The number of pyridine rings is 2. The highest BCUT2D eigenvalue weighted by Crippen LogP contribution is 2.33. The van der Waals surface area contributed by atoms with Crippen LogP contribution in [-0.2, 0) is 0 Å². The van der Waals surface area contributed by atoms with E-state index in [-0.39, 0.29) is 11.6 Å². The van der Waals surface area contributed by atoms with Gasteiger partial charge in [0.05, 0.1) is 11.4 Å². The van der Waals surface area contributed by atoms with Crippen LogP contribution in [0.15, 0.2) is 54.9 Å². The number of halogens is 1. The lowest BCUT2D eigenvalue weighted by atomic mass is 9.99. The maximum atomic E-state index is 13.5. The van der Waals surface area contributed by atoms with Crippen molar-refractivity contribution in [2.24, 2.45) is 0 Å². The van der Waals surface area contributed by atoms with E-state index in [1.165, 1.54) is 12.1 Å². The Morgan fingerprint density at radius 1 is 0.905 bits per heavy atom. The molecule has 0 radical (unpaired) electrons. The van der Waals surface area contributed by atoms with Crippen LogP contribution in [-0.4, -0.2) is 9.97 Å². The summed E-state index contributed by atoms with van der Waals surface area (Å²) in [6.07, 6.45) is 3.36. The van der Waals surface area contributed by atoms with Crippen LogP contribution >= 0.6 is 0 Å². The third-order valence-electron chi connectivity index (χ3n) is 3.17. The number of rotatable bonds is 2. The fraction of sp³-hybridized carbons (Fsp3) is 0. The second-order valence-corrected chi connectivity index (χ2v) is 4.61. The van der Waals surface area contributed by atoms with Crippen LogP contribution in [0.2, 0.25) is 0 Å². The van der Waals surface area contributed by atoms with E-state index in [4.69, 9.17) is 11.5 Å². The van der Waals surface area contributed by atoms with Gasteiger partial charge >= 0.3 is 0 Å². The highest BCUT2D eigenvalue weighted by Gasteiger charge is 2.12. The van der Waals surface area contributed by atoms with Crippen molar-refractivity contribution in [3.63, 3.8) is 0 Å². The summed E-state index contributed by atoms with van der Waals surface area (Å²) in [5.74, 6) is -0.0996. The fourth-order valence-corrected chi connectivity index (χ4v) is 2.15. The number of benzene rings is 1. The number of nitrogens with two attached hydrogens (primary N) is 2. The Hall–Kier alpha value is -2.95. The molecule has 2 heterocycles. The van der Waals surface area contributed by atoms with Crippen molar-refractivity contribution in [1.29, 1.82) is 0 Å². The van der Waals surface area contributed by atoms with Crippen LogP contribution in [0.1, 0.15) is 0 Å². The maximum Gasteiger partial charge on any atom is 0.147 e. The van der Waals surface area contributed by atoms with E-state index in [1.54, 1.807) is 30.6 Å². The van der Waals surface area contributed by atoms with Crippen LogP contribution in [0.5, 0.6) is 0 Å². The molecule has 2 aromatic heterocycles. The van der Waals surface area contributed by atoms with Gasteiger partial charge in [0.2, 0.25) is 0 Å². The molecule has 3 aromatic rings. The van der Waals surface area contributed by atoms with Crippen LogP contribution < -0.4 is 11.5 Å². The van der Waals surface area contributed by atoms with Crippen molar-refractivity contribution in [3.8, 4) is 22.4 Å². The van der Waals surface area contributed by atoms with E-state index in [9.17, 15) is 4.39 Å². The molecule has 0 bridgehead atoms. The normalized spacial score (nSPS) is 10.5. The Labute approximate surface area is 121 Å². The van der Waals surface area contributed by atoms with Crippen LogP contribution in [0, 0.1) is 5.82 Å². The molecular formula is C16H13FN4. The van der Waals surface area contributed by atoms with Crippen LogP contribution in [0.25, 0.3) is 22.4 Å². The van der Waals surface area contributed by atoms with Gasteiger partial charge in [0.1, 0.15) is 11.6 Å². The average molecular weight is 280 g/mol. The zero-order valence-corrected chi connectivity index (χ0v) is 11.1. The first-order chi connectivity index (χ1) is 10.1. The number of anilines is 2. The third kappa shape index (κ3) is 2.53. The highest BCUT2D eigenvalue weighted by atomic mass is 19.1. The van der Waals surface area contributed by atoms with Crippen molar-refractivity contribution in [3.05, 3.63) is 60.7 Å². The lowest BCUT2D eigenvalue weighted by molar-refractivity contribution is 0.628. The molecule has 4 nitrogen and oxygen atoms in total. The fourth-order valence-electron chi connectivity index (χ4n) is 2.15. The predicted octanol–water partition coefficient (Wildman–Crippen LogP) is 3.11. The second-order valence-electron chi connectivity index (χ2n) is 4.61. The monoisotopic (exact) mass is 280 g/mol. The van der Waals surface area contributed by atoms with Crippen LogP contribution in [0.3, 0.4) is 0 Å². The molecule has 0 saturated heterocycles. The highest BCUT2D eigenvalue weighted by molar-refractivity contribution is 5.85. The van der Waals surface area contributed by atoms with E-state index in [0.29, 0.717) is 16.9 Å². The Morgan fingerprint density at radius 3 is 2.38 bits per heavy atom. The first kappa shape index (κ1) is 13.1. The van der Waals surface area contributed by atoms with Gasteiger partial charge in [0.25, 0.3) is 0 Å². The minimum atomic E-state index is -0.328. The average Bonchev–Trinajstić information content (AvgIpc) is 2.50. The Balaban J connectivity index is 2.26. The maximum absolute atomic E-state index is 13.5. The first-order valence-electron chi connectivity index (χ1n) is 6.37. The minimum Gasteiger partial charge on any atom is -0.396 e. The first-order valence-corrected chi connectivity index (χ1v) is 6.37. The largest absolute Gasteiger partial charge is 0.396 e. The van der Waals surface area contributed by atoms with Gasteiger partial charge in [-0.25, -0.2) is 9.37 Å². The zero-order valence-electron chi connectivity index (χ0n) is 11.1. The summed E-state index contributed by atoms with van der Waals surface area (Å²) in [4.78, 5) is 8.32. The lowest BCUT2D eigenvalue weighted by Gasteiger charge is -2.12. The van der Waals surface area contributed by atoms with E-state index in [1.807, 2.05) is 12.1 Å². The number of nitrogens with zero attached hydrogens (tertiary/aromatic N) is 2. The van der Waals surface area contributed by atoms with Gasteiger partial charge in [-0.3, -0.25) is 4.98 Å². The number of hydrogen-bond donors (Lipinski definition) is 2. The SMILES string of the molecule is Nc1cc(-c2ccncc2)c(-c2cccc(F)c2)nc1N. The molecule has 0 saturated carbocycles. The Bertz CT molecular complexity index is 788. The van der Waals surface area contributed by atoms with Crippen molar-refractivity contribution in [1.82, 2.24) is 9.97 Å². The van der Waals surface area contributed by atoms with E-state index < -0.39 is 0 Å². The second kappa shape index (κ2) is 5.20. The Morgan fingerprint density at radius 2 is 1.67 bits per heavy atom. The van der Waals surface area contributed by atoms with Crippen molar-refractivity contribution >= 4 is 11.5 Å². The van der Waals surface area contributed by atoms with Gasteiger partial charge in [-0.1, -0.05) is 12.1 Å². The van der Waals surface area contributed by atoms with Crippen molar-refractivity contribution in [2.45, 2.75) is 0 Å². The topological polar surface area (TPSA) is 77.8 Å². The molecule has 0 spiro atoms. The smallest absolute Gasteiger partial charge is 0.147 e. The van der Waals surface area contributed by atoms with Gasteiger partial charge in [-0.05, 0) is 35.9 Å². The minimum absolute atomic E-state index is 0.229. The molecule has 0 aliphatic heterocycles. The van der Waals surface area contributed by atoms with Crippen molar-refractivity contribution < 1.29 is 4.39 Å². The van der Waals surface area contributed by atoms with E-state index in [2.05, 4.69) is 9.97 Å². The summed E-state index contributed by atoms with van der Waals surface area (Å²) < 4.78 is 13.5. The quantitative estimate of drug-likeness (QED) is 0.756. The number of nitrogen functional groups attached to an aromatic ring is 2. The molecule has 5 heteroatoms. The molecule has 1 aromatic carbocycles. The van der Waals surface area contributed by atoms with E-state index in [0.717, 1.165) is 11.1 Å². The summed E-state index contributed by atoms with van der Waals surface area (Å²) in [6, 6.07) is 11.7. The third-order valence-corrected chi connectivity index (χ3v) is 3.17. The zero-order chi connectivity index (χ0) is 14.8. The van der Waals surface area contributed by atoms with Gasteiger partial charge < -0.3 is 11.5 Å². The molecule has 3 rings (SSSR count). The molecule has 21 heavy (non-hydrogen) atoms. The van der Waals surface area contributed by atoms with E-state index >= 15 is 0 Å². The molecule has 0 aliphatic rings. The molecule has 0 amide bonds. The standard InChI is InChI=1S/C16H13FN4/c17-12-3-1-2-11(8-12)15-13(9-14(18)16(19)21-15)10-4-6-20-7-5-10/h1-9H,18H2,(H2,19,21). The predicted molar refractivity (Wildman–Crippen MR) is 81.7 cm³/mol.